The zero-order valence-corrected chi connectivity index (χ0v) is 15.0. The molecular weight excluding hydrogens is 364 g/mol. The Morgan fingerprint density at radius 3 is 2.77 bits per heavy atom. The highest BCUT2D eigenvalue weighted by atomic mass is 32.1. The third kappa shape index (κ3) is 2.12. The number of imidazole rings is 1. The summed E-state index contributed by atoms with van der Waals surface area (Å²) in [6.07, 6.45) is 14.2. The average Bonchev–Trinajstić information content (AvgIpc) is 3.40. The minimum Gasteiger partial charge on any atom is -0.306 e. The van der Waals surface area contributed by atoms with Gasteiger partial charge >= 0.3 is 0 Å². The quantitative estimate of drug-likeness (QED) is 0.505. The summed E-state index contributed by atoms with van der Waals surface area (Å²) in [5, 5.41) is 1.81. The minimum atomic E-state index is 0.0541. The van der Waals surface area contributed by atoms with Gasteiger partial charge in [-0.1, -0.05) is 34.8 Å². The van der Waals surface area contributed by atoms with Crippen LogP contribution in [0.1, 0.15) is 5.01 Å². The summed E-state index contributed by atoms with van der Waals surface area (Å²) < 4.78 is 4.09. The molecule has 0 spiro atoms. The van der Waals surface area contributed by atoms with Crippen LogP contribution in [0.4, 0.5) is 0 Å². The SMILES string of the molecule is C1=CC2N=C(c3nc4sc(-c5cn6ccccc6n5)nc4s3)C=[N+]2C=C1. The Kier molecular flexibility index (Phi) is 2.88. The largest absolute Gasteiger partial charge is 0.306 e. The zero-order chi connectivity index (χ0) is 17.1. The molecule has 6 nitrogen and oxygen atoms in total. The fraction of sp³-hybridized carbons (Fsp3) is 0.0556. The molecule has 6 heterocycles. The Morgan fingerprint density at radius 1 is 1.00 bits per heavy atom. The smallest absolute Gasteiger partial charge is 0.271 e. The van der Waals surface area contributed by atoms with E-state index in [-0.39, 0.29) is 6.17 Å². The van der Waals surface area contributed by atoms with E-state index in [2.05, 4.69) is 15.6 Å². The van der Waals surface area contributed by atoms with Gasteiger partial charge in [-0.15, -0.1) is 0 Å². The van der Waals surface area contributed by atoms with Crippen molar-refractivity contribution in [2.45, 2.75) is 6.17 Å². The van der Waals surface area contributed by atoms with Crippen molar-refractivity contribution in [1.82, 2.24) is 19.4 Å². The minimum absolute atomic E-state index is 0.0541. The molecule has 124 valence electrons. The van der Waals surface area contributed by atoms with Gasteiger partial charge in [0.05, 0.1) is 0 Å². The van der Waals surface area contributed by atoms with Crippen LogP contribution in [-0.2, 0) is 0 Å². The van der Waals surface area contributed by atoms with Crippen LogP contribution in [0, 0.1) is 0 Å². The number of aliphatic imine (C=N–C) groups is 1. The van der Waals surface area contributed by atoms with Crippen molar-refractivity contribution in [1.29, 1.82) is 0 Å². The van der Waals surface area contributed by atoms with Crippen LogP contribution in [0.15, 0.2) is 60.0 Å². The molecule has 0 bridgehead atoms. The molecule has 0 saturated carbocycles. The van der Waals surface area contributed by atoms with Crippen molar-refractivity contribution in [3.8, 4) is 10.7 Å². The number of thiazole rings is 2. The molecule has 26 heavy (non-hydrogen) atoms. The van der Waals surface area contributed by atoms with Crippen molar-refractivity contribution in [2.75, 3.05) is 0 Å². The molecule has 8 heteroatoms. The zero-order valence-electron chi connectivity index (χ0n) is 13.4. The van der Waals surface area contributed by atoms with Gasteiger partial charge in [-0.2, -0.15) is 4.58 Å². The maximum absolute atomic E-state index is 4.76. The first kappa shape index (κ1) is 14.2. The number of nitrogens with zero attached hydrogens (tertiary/aromatic N) is 6. The van der Waals surface area contributed by atoms with Gasteiger partial charge in [-0.05, 0) is 12.1 Å². The standard InChI is InChI=1S/C18H11N6S2/c1-3-7-23-9-11(19-13(23)5-1)15-21-17-18(25-15)22-16(26-17)12-10-24-8-4-2-6-14(24)20-12/h1-10,13H/q+1. The summed E-state index contributed by atoms with van der Waals surface area (Å²) in [4.78, 5) is 20.7. The molecule has 1 atom stereocenters. The predicted molar refractivity (Wildman–Crippen MR) is 104 cm³/mol. The third-order valence-corrected chi connectivity index (χ3v) is 6.35. The number of hydrogen-bond donors (Lipinski definition) is 0. The van der Waals surface area contributed by atoms with E-state index in [0.717, 1.165) is 36.7 Å². The van der Waals surface area contributed by atoms with E-state index in [4.69, 9.17) is 15.0 Å². The molecular formula is C18H11N6S2+. The first-order valence-electron chi connectivity index (χ1n) is 8.10. The lowest BCUT2D eigenvalue weighted by Gasteiger charge is -1.99. The molecule has 0 aliphatic carbocycles. The Bertz CT molecular complexity index is 1240. The highest BCUT2D eigenvalue weighted by Gasteiger charge is 2.28. The summed E-state index contributed by atoms with van der Waals surface area (Å²) >= 11 is 3.15. The van der Waals surface area contributed by atoms with Gasteiger partial charge in [-0.3, -0.25) is 0 Å². The van der Waals surface area contributed by atoms with E-state index in [1.165, 1.54) is 0 Å². The number of allylic oxidation sites excluding steroid dienone is 2. The van der Waals surface area contributed by atoms with E-state index in [9.17, 15) is 0 Å². The van der Waals surface area contributed by atoms with Gasteiger partial charge in [0.1, 0.15) is 16.3 Å². The number of rotatable bonds is 2. The molecule has 0 fully saturated rings. The molecule has 4 aromatic rings. The normalized spacial score (nSPS) is 18.5. The average molecular weight is 375 g/mol. The van der Waals surface area contributed by atoms with E-state index in [0.29, 0.717) is 0 Å². The lowest BCUT2D eigenvalue weighted by molar-refractivity contribution is -0.476. The molecule has 0 amide bonds. The van der Waals surface area contributed by atoms with Crippen molar-refractivity contribution in [3.63, 3.8) is 0 Å². The van der Waals surface area contributed by atoms with Crippen LogP contribution in [-0.4, -0.2) is 42.0 Å². The van der Waals surface area contributed by atoms with Crippen LogP contribution in [0.25, 0.3) is 26.0 Å². The van der Waals surface area contributed by atoms with E-state index >= 15 is 0 Å². The first-order chi connectivity index (χ1) is 12.8. The molecule has 0 N–H and O–H groups in total. The maximum atomic E-state index is 4.76. The van der Waals surface area contributed by atoms with Crippen LogP contribution in [0.5, 0.6) is 0 Å². The highest BCUT2D eigenvalue weighted by Crippen LogP contribution is 2.33. The number of fused-ring (bicyclic) bond motifs is 3. The lowest BCUT2D eigenvalue weighted by atomic mass is 10.3. The van der Waals surface area contributed by atoms with E-state index in [1.54, 1.807) is 22.7 Å². The fourth-order valence-corrected chi connectivity index (χ4v) is 5.01. The molecule has 0 saturated heterocycles. The second-order valence-corrected chi connectivity index (χ2v) is 7.93. The number of hydrogen-bond acceptors (Lipinski definition) is 6. The number of pyridine rings is 1. The maximum Gasteiger partial charge on any atom is 0.271 e. The van der Waals surface area contributed by atoms with Gasteiger partial charge in [-0.25, -0.2) is 19.9 Å². The molecule has 2 aliphatic heterocycles. The summed E-state index contributed by atoms with van der Waals surface area (Å²) in [6, 6.07) is 5.96. The van der Waals surface area contributed by atoms with Gasteiger partial charge in [0.25, 0.3) is 6.17 Å². The molecule has 6 rings (SSSR count). The van der Waals surface area contributed by atoms with Crippen LogP contribution >= 0.6 is 22.7 Å². The van der Waals surface area contributed by atoms with Crippen LogP contribution in [0.2, 0.25) is 0 Å². The fourth-order valence-electron chi connectivity index (χ4n) is 3.06. The third-order valence-electron chi connectivity index (χ3n) is 4.28. The topological polar surface area (TPSA) is 58.4 Å². The van der Waals surface area contributed by atoms with E-state index in [1.807, 2.05) is 59.6 Å². The van der Waals surface area contributed by atoms with Crippen molar-refractivity contribution in [2.24, 2.45) is 4.99 Å². The highest BCUT2D eigenvalue weighted by molar-refractivity contribution is 7.29. The molecule has 1 unspecified atom stereocenters. The molecule has 2 aliphatic rings. The van der Waals surface area contributed by atoms with E-state index < -0.39 is 0 Å². The Balaban J connectivity index is 1.39. The van der Waals surface area contributed by atoms with Crippen LogP contribution in [0.3, 0.4) is 0 Å². The molecule has 0 aromatic carbocycles. The second kappa shape index (κ2) is 5.26. The summed E-state index contributed by atoms with van der Waals surface area (Å²) in [5.74, 6) is 0. The van der Waals surface area contributed by atoms with Gasteiger partial charge < -0.3 is 4.40 Å². The van der Waals surface area contributed by atoms with Gasteiger partial charge in [0, 0.05) is 24.5 Å². The Morgan fingerprint density at radius 2 is 1.88 bits per heavy atom. The summed E-state index contributed by atoms with van der Waals surface area (Å²) in [7, 11) is 0. The first-order valence-corrected chi connectivity index (χ1v) is 9.74. The lowest BCUT2D eigenvalue weighted by Crippen LogP contribution is -2.15. The second-order valence-electron chi connectivity index (χ2n) is 5.97. The summed E-state index contributed by atoms with van der Waals surface area (Å²) in [6.45, 7) is 0. The van der Waals surface area contributed by atoms with Crippen LogP contribution < -0.4 is 0 Å². The Labute approximate surface area is 155 Å². The van der Waals surface area contributed by atoms with Crippen molar-refractivity contribution < 1.29 is 4.58 Å². The summed E-state index contributed by atoms with van der Waals surface area (Å²) in [5.41, 5.74) is 2.71. The monoisotopic (exact) mass is 375 g/mol. The molecule has 0 radical (unpaired) electrons. The predicted octanol–water partition coefficient (Wildman–Crippen LogP) is 3.36. The Hall–Kier alpha value is -2.97. The molecule has 4 aromatic heterocycles. The number of aromatic nitrogens is 4. The van der Waals surface area contributed by atoms with Gasteiger partial charge in [0.2, 0.25) is 0 Å². The van der Waals surface area contributed by atoms with Crippen molar-refractivity contribution in [3.05, 3.63) is 60.0 Å². The van der Waals surface area contributed by atoms with Crippen molar-refractivity contribution >= 4 is 49.9 Å². The van der Waals surface area contributed by atoms with Gasteiger partial charge in [0.15, 0.2) is 32.8 Å².